The number of fused-ring (bicyclic) bond motifs is 1. The van der Waals surface area contributed by atoms with Crippen molar-refractivity contribution in [2.24, 2.45) is 11.1 Å². The van der Waals surface area contributed by atoms with E-state index in [0.717, 1.165) is 23.2 Å². The van der Waals surface area contributed by atoms with Crippen LogP contribution in [0.4, 0.5) is 5.69 Å². The van der Waals surface area contributed by atoms with Gasteiger partial charge < -0.3 is 11.1 Å². The van der Waals surface area contributed by atoms with Crippen molar-refractivity contribution in [2.75, 3.05) is 5.32 Å². The van der Waals surface area contributed by atoms with Crippen molar-refractivity contribution in [3.8, 4) is 0 Å². The van der Waals surface area contributed by atoms with Crippen molar-refractivity contribution in [2.45, 2.75) is 59.4 Å². The highest BCUT2D eigenvalue weighted by Gasteiger charge is 2.41. The van der Waals surface area contributed by atoms with E-state index in [2.05, 4.69) is 45.1 Å². The van der Waals surface area contributed by atoms with Crippen molar-refractivity contribution < 1.29 is 4.79 Å². The van der Waals surface area contributed by atoms with Gasteiger partial charge in [-0.25, -0.2) is 0 Å². The van der Waals surface area contributed by atoms with E-state index in [1.165, 1.54) is 5.56 Å². The SMILES string of the molecule is CCc1cc(C(N)C(C)(C)C)c2c(c1)C(C)(C)C(=O)N2. The van der Waals surface area contributed by atoms with Crippen LogP contribution in [0.5, 0.6) is 0 Å². The summed E-state index contributed by atoms with van der Waals surface area (Å²) in [6.45, 7) is 12.5. The van der Waals surface area contributed by atoms with Crippen LogP contribution in [-0.4, -0.2) is 5.91 Å². The minimum atomic E-state index is -0.479. The number of aryl methyl sites for hydroxylation is 1. The largest absolute Gasteiger partial charge is 0.325 e. The Kier molecular flexibility index (Phi) is 3.45. The van der Waals surface area contributed by atoms with Gasteiger partial charge in [0.25, 0.3) is 0 Å². The average Bonchev–Trinajstić information content (AvgIpc) is 2.58. The van der Waals surface area contributed by atoms with E-state index in [1.807, 2.05) is 13.8 Å². The summed E-state index contributed by atoms with van der Waals surface area (Å²) in [5.41, 5.74) is 10.2. The topological polar surface area (TPSA) is 55.1 Å². The maximum atomic E-state index is 12.2. The Morgan fingerprint density at radius 2 is 1.90 bits per heavy atom. The zero-order valence-corrected chi connectivity index (χ0v) is 13.4. The summed E-state index contributed by atoms with van der Waals surface area (Å²) < 4.78 is 0. The van der Waals surface area contributed by atoms with Gasteiger partial charge in [-0.1, -0.05) is 39.8 Å². The average molecular weight is 274 g/mol. The van der Waals surface area contributed by atoms with E-state index in [4.69, 9.17) is 5.73 Å². The number of anilines is 1. The molecule has 0 aliphatic carbocycles. The number of hydrogen-bond acceptors (Lipinski definition) is 2. The molecule has 1 atom stereocenters. The van der Waals surface area contributed by atoms with Crippen LogP contribution in [0.3, 0.4) is 0 Å². The third kappa shape index (κ3) is 2.24. The predicted octanol–water partition coefficient (Wildman–Crippen LogP) is 3.52. The van der Waals surface area contributed by atoms with Gasteiger partial charge in [0.05, 0.1) is 5.41 Å². The van der Waals surface area contributed by atoms with Gasteiger partial charge in [-0.05, 0) is 42.4 Å². The second-order valence-corrected chi connectivity index (χ2v) is 7.38. The van der Waals surface area contributed by atoms with E-state index in [-0.39, 0.29) is 17.4 Å². The second kappa shape index (κ2) is 4.59. The first-order valence-electron chi connectivity index (χ1n) is 7.33. The molecule has 1 heterocycles. The number of nitrogens with one attached hydrogen (secondary N) is 1. The van der Waals surface area contributed by atoms with E-state index in [0.29, 0.717) is 0 Å². The van der Waals surface area contributed by atoms with Crippen molar-refractivity contribution in [1.82, 2.24) is 0 Å². The summed E-state index contributed by atoms with van der Waals surface area (Å²) in [5.74, 6) is 0.0584. The third-order valence-electron chi connectivity index (χ3n) is 4.38. The van der Waals surface area contributed by atoms with Crippen LogP contribution >= 0.6 is 0 Å². The van der Waals surface area contributed by atoms with Gasteiger partial charge >= 0.3 is 0 Å². The highest BCUT2D eigenvalue weighted by molar-refractivity contribution is 6.06. The van der Waals surface area contributed by atoms with Gasteiger partial charge in [0.15, 0.2) is 0 Å². The third-order valence-corrected chi connectivity index (χ3v) is 4.38. The molecule has 3 N–H and O–H groups in total. The molecule has 0 fully saturated rings. The minimum absolute atomic E-state index is 0.0441. The summed E-state index contributed by atoms with van der Waals surface area (Å²) in [6.07, 6.45) is 0.946. The molecule has 1 aliphatic rings. The number of nitrogens with two attached hydrogens (primary N) is 1. The Morgan fingerprint density at radius 1 is 1.30 bits per heavy atom. The Balaban J connectivity index is 2.66. The highest BCUT2D eigenvalue weighted by Crippen LogP contribution is 2.44. The van der Waals surface area contributed by atoms with Crippen molar-refractivity contribution in [3.63, 3.8) is 0 Å². The molecule has 110 valence electrons. The van der Waals surface area contributed by atoms with Gasteiger partial charge in [-0.15, -0.1) is 0 Å². The van der Waals surface area contributed by atoms with Gasteiger partial charge in [0.1, 0.15) is 0 Å². The number of carbonyl (C=O) groups excluding carboxylic acids is 1. The van der Waals surface area contributed by atoms with Gasteiger partial charge in [-0.2, -0.15) is 0 Å². The molecule has 3 nitrogen and oxygen atoms in total. The standard InChI is InChI=1S/C17H26N2O/c1-7-10-8-11(14(18)16(2,3)4)13-12(9-10)17(5,6)15(20)19-13/h8-9,14H,7,18H2,1-6H3,(H,19,20). The molecule has 20 heavy (non-hydrogen) atoms. The van der Waals surface area contributed by atoms with E-state index in [9.17, 15) is 4.79 Å². The molecular formula is C17H26N2O. The van der Waals surface area contributed by atoms with Gasteiger partial charge in [0.2, 0.25) is 5.91 Å². The molecule has 1 aromatic carbocycles. The number of rotatable bonds is 2. The lowest BCUT2D eigenvalue weighted by Gasteiger charge is -2.29. The first-order chi connectivity index (χ1) is 9.09. The Bertz CT molecular complexity index is 553. The Hall–Kier alpha value is -1.35. The van der Waals surface area contributed by atoms with Crippen LogP contribution in [0.25, 0.3) is 0 Å². The molecule has 0 spiro atoms. The lowest BCUT2D eigenvalue weighted by molar-refractivity contribution is -0.119. The van der Waals surface area contributed by atoms with Crippen molar-refractivity contribution >= 4 is 11.6 Å². The van der Waals surface area contributed by atoms with E-state index in [1.54, 1.807) is 0 Å². The van der Waals surface area contributed by atoms with E-state index < -0.39 is 5.41 Å². The quantitative estimate of drug-likeness (QED) is 0.867. The summed E-state index contributed by atoms with van der Waals surface area (Å²) in [7, 11) is 0. The molecule has 1 aromatic rings. The summed E-state index contributed by atoms with van der Waals surface area (Å²) >= 11 is 0. The lowest BCUT2D eigenvalue weighted by Crippen LogP contribution is -2.27. The monoisotopic (exact) mass is 274 g/mol. The van der Waals surface area contributed by atoms with Crippen LogP contribution < -0.4 is 11.1 Å². The number of hydrogen-bond donors (Lipinski definition) is 2. The first kappa shape index (κ1) is 15.0. The van der Waals surface area contributed by atoms with Gasteiger partial charge in [0, 0.05) is 11.7 Å². The molecule has 0 saturated carbocycles. The number of benzene rings is 1. The van der Waals surface area contributed by atoms with E-state index >= 15 is 0 Å². The summed E-state index contributed by atoms with van der Waals surface area (Å²) in [4.78, 5) is 12.2. The fraction of sp³-hybridized carbons (Fsp3) is 0.588. The molecule has 2 rings (SSSR count). The zero-order valence-electron chi connectivity index (χ0n) is 13.4. The Labute approximate surface area is 121 Å². The lowest BCUT2D eigenvalue weighted by atomic mass is 9.78. The fourth-order valence-corrected chi connectivity index (χ4v) is 2.67. The smallest absolute Gasteiger partial charge is 0.234 e. The maximum Gasteiger partial charge on any atom is 0.234 e. The normalized spacial score (nSPS) is 18.6. The van der Waals surface area contributed by atoms with Crippen LogP contribution in [-0.2, 0) is 16.6 Å². The van der Waals surface area contributed by atoms with Crippen molar-refractivity contribution in [3.05, 3.63) is 28.8 Å². The molecule has 3 heteroatoms. The summed E-state index contributed by atoms with van der Waals surface area (Å²) in [6, 6.07) is 4.19. The molecule has 1 unspecified atom stereocenters. The molecule has 0 bridgehead atoms. The van der Waals surface area contributed by atoms with Crippen LogP contribution in [0.2, 0.25) is 0 Å². The Morgan fingerprint density at radius 3 is 2.40 bits per heavy atom. The number of amides is 1. The zero-order chi connectivity index (χ0) is 15.3. The molecule has 1 amide bonds. The molecule has 1 aliphatic heterocycles. The number of carbonyl (C=O) groups is 1. The minimum Gasteiger partial charge on any atom is -0.325 e. The van der Waals surface area contributed by atoms with Crippen molar-refractivity contribution in [1.29, 1.82) is 0 Å². The molecule has 0 radical (unpaired) electrons. The molecular weight excluding hydrogens is 248 g/mol. The van der Waals surface area contributed by atoms with Crippen LogP contribution in [0.15, 0.2) is 12.1 Å². The molecule has 0 aromatic heterocycles. The van der Waals surface area contributed by atoms with Gasteiger partial charge in [-0.3, -0.25) is 4.79 Å². The van der Waals surface area contributed by atoms with Crippen LogP contribution in [0.1, 0.15) is 64.3 Å². The molecule has 0 saturated heterocycles. The first-order valence-corrected chi connectivity index (χ1v) is 7.33. The predicted molar refractivity (Wildman–Crippen MR) is 83.9 cm³/mol. The second-order valence-electron chi connectivity index (χ2n) is 7.38. The maximum absolute atomic E-state index is 12.2. The summed E-state index contributed by atoms with van der Waals surface area (Å²) in [5, 5.41) is 3.04. The fourth-order valence-electron chi connectivity index (χ4n) is 2.67. The highest BCUT2D eigenvalue weighted by atomic mass is 16.2. The van der Waals surface area contributed by atoms with Crippen LogP contribution in [0, 0.1) is 5.41 Å².